The van der Waals surface area contributed by atoms with Crippen LogP contribution in [0.15, 0.2) is 67.0 Å². The van der Waals surface area contributed by atoms with Gasteiger partial charge in [-0.1, -0.05) is 6.07 Å². The molecule has 4 aromatic rings. The normalized spacial score (nSPS) is 26.5. The fraction of sp³-hybridized carbons (Fsp3) is 0.375. The van der Waals surface area contributed by atoms with Crippen LogP contribution in [-0.2, 0) is 0 Å². The number of rotatable bonds is 7. The van der Waals surface area contributed by atoms with Gasteiger partial charge in [0.15, 0.2) is 0 Å². The number of aromatic nitrogens is 3. The van der Waals surface area contributed by atoms with Crippen LogP contribution in [0.1, 0.15) is 57.2 Å². The Kier molecular flexibility index (Phi) is 6.46. The average Bonchev–Trinajstić information content (AvgIpc) is 2.91. The molecular weight excluding hydrogens is 533 g/mol. The van der Waals surface area contributed by atoms with E-state index in [0.29, 0.717) is 29.5 Å². The van der Waals surface area contributed by atoms with Crippen LogP contribution in [0.25, 0.3) is 10.9 Å². The maximum atomic E-state index is 13.5. The molecule has 0 spiro atoms. The number of pyridine rings is 1. The van der Waals surface area contributed by atoms with Gasteiger partial charge < -0.3 is 21.1 Å². The Labute approximate surface area is 243 Å². The predicted molar refractivity (Wildman–Crippen MR) is 160 cm³/mol. The molecule has 0 saturated heterocycles. The second-order valence-electron chi connectivity index (χ2n) is 12.5. The van der Waals surface area contributed by atoms with E-state index >= 15 is 0 Å². The fourth-order valence-electron chi connectivity index (χ4n) is 7.70. The lowest BCUT2D eigenvalue weighted by atomic mass is 9.51. The van der Waals surface area contributed by atoms with Crippen LogP contribution in [0.2, 0.25) is 0 Å². The number of carbonyl (C=O) groups excluding carboxylic acids is 1. The minimum Gasteiger partial charge on any atom is -0.390 e. The third-order valence-electron chi connectivity index (χ3n) is 8.94. The highest BCUT2D eigenvalue weighted by molar-refractivity contribution is 5.90. The number of nitrogens with one attached hydrogen (secondary N) is 4. The number of hydrogen-bond acceptors (Lipinski definition) is 7. The number of fused-ring (bicyclic) bond motifs is 1. The van der Waals surface area contributed by atoms with E-state index in [1.165, 1.54) is 12.1 Å². The molecule has 5 N–H and O–H groups in total. The van der Waals surface area contributed by atoms with Gasteiger partial charge in [0.1, 0.15) is 5.82 Å². The average molecular weight is 568 g/mol. The molecule has 216 valence electrons. The van der Waals surface area contributed by atoms with E-state index in [0.717, 1.165) is 54.6 Å². The third kappa shape index (κ3) is 5.46. The molecule has 4 saturated carbocycles. The van der Waals surface area contributed by atoms with Gasteiger partial charge >= 0.3 is 6.03 Å². The highest BCUT2D eigenvalue weighted by Crippen LogP contribution is 2.57. The molecule has 3 atom stereocenters. The minimum atomic E-state index is -0.644. The first-order valence-electron chi connectivity index (χ1n) is 14.6. The Bertz CT molecular complexity index is 1630. The second kappa shape index (κ2) is 10.2. The molecule has 4 fully saturated rings. The molecule has 10 heteroatoms. The van der Waals surface area contributed by atoms with Crippen molar-refractivity contribution in [2.24, 2.45) is 11.8 Å². The summed E-state index contributed by atoms with van der Waals surface area (Å²) in [6.45, 7) is 2.02. The van der Waals surface area contributed by atoms with Gasteiger partial charge in [0.2, 0.25) is 5.95 Å². The minimum absolute atomic E-state index is 0.0917. The zero-order valence-corrected chi connectivity index (χ0v) is 23.4. The molecule has 9 nitrogen and oxygen atoms in total. The summed E-state index contributed by atoms with van der Waals surface area (Å²) < 4.78 is 13.5. The SMILES string of the molecule is C[C@@H](Nc1ccc2cnc(NC(=O)NC34CC5CC(CC(O)(C5)C3)C4)nc2c1)c1ccc(Nc2cccc(F)c2)cn1. The summed E-state index contributed by atoms with van der Waals surface area (Å²) in [7, 11) is 0. The molecule has 4 bridgehead atoms. The first-order valence-corrected chi connectivity index (χ1v) is 14.6. The van der Waals surface area contributed by atoms with Crippen molar-refractivity contribution in [2.45, 2.75) is 62.6 Å². The van der Waals surface area contributed by atoms with E-state index in [4.69, 9.17) is 0 Å². The molecule has 0 radical (unpaired) electrons. The number of anilines is 4. The van der Waals surface area contributed by atoms with Crippen molar-refractivity contribution in [3.63, 3.8) is 0 Å². The molecule has 42 heavy (non-hydrogen) atoms. The lowest BCUT2D eigenvalue weighted by molar-refractivity contribution is -0.138. The maximum Gasteiger partial charge on any atom is 0.322 e. The maximum absolute atomic E-state index is 13.5. The summed E-state index contributed by atoms with van der Waals surface area (Å²) in [6.07, 6.45) is 8.75. The lowest BCUT2D eigenvalue weighted by Gasteiger charge is -2.60. The zero-order chi connectivity index (χ0) is 28.9. The van der Waals surface area contributed by atoms with Crippen LogP contribution in [0.5, 0.6) is 0 Å². The molecule has 4 aliphatic carbocycles. The van der Waals surface area contributed by atoms with Crippen LogP contribution >= 0.6 is 0 Å². The van der Waals surface area contributed by atoms with Gasteiger partial charge in [-0.3, -0.25) is 10.3 Å². The first-order chi connectivity index (χ1) is 20.2. The summed E-state index contributed by atoms with van der Waals surface area (Å²) in [5.74, 6) is 0.891. The standard InChI is InChI=1S/C32H34FN7O2/c1-19(27-8-7-26(17-34-27)37-24-4-2-3-23(33)10-24)36-25-6-5-22-16-35-29(38-28(22)11-25)39-30(41)40-31-12-20-9-21(13-31)15-32(42,14-20)18-31/h2-8,10-11,16-17,19-21,36-37,42H,9,12-15,18H2,1H3,(H2,35,38,39,40,41)/t19-,20?,21?,31?,32?/m1/s1. The Balaban J connectivity index is 0.999. The second-order valence-corrected chi connectivity index (χ2v) is 12.5. The van der Waals surface area contributed by atoms with Crippen molar-refractivity contribution in [2.75, 3.05) is 16.0 Å². The highest BCUT2D eigenvalue weighted by Gasteiger charge is 2.57. The van der Waals surface area contributed by atoms with Crippen LogP contribution < -0.4 is 21.3 Å². The van der Waals surface area contributed by atoms with E-state index in [9.17, 15) is 14.3 Å². The van der Waals surface area contributed by atoms with Gasteiger partial charge in [-0.05, 0) is 106 Å². The molecule has 4 aliphatic rings. The van der Waals surface area contributed by atoms with E-state index in [2.05, 4.69) is 36.2 Å². The Morgan fingerprint density at radius 1 is 0.976 bits per heavy atom. The molecule has 2 aromatic heterocycles. The van der Waals surface area contributed by atoms with E-state index in [1.807, 2.05) is 37.3 Å². The highest BCUT2D eigenvalue weighted by atomic mass is 19.1. The van der Waals surface area contributed by atoms with Crippen molar-refractivity contribution in [3.8, 4) is 0 Å². The van der Waals surface area contributed by atoms with Crippen LogP contribution in [0, 0.1) is 17.7 Å². The summed E-state index contributed by atoms with van der Waals surface area (Å²) in [5, 5.41) is 24.5. The molecule has 0 aliphatic heterocycles. The molecular formula is C32H34FN7O2. The topological polar surface area (TPSA) is 124 Å². The van der Waals surface area contributed by atoms with Gasteiger partial charge in [0.25, 0.3) is 0 Å². The zero-order valence-electron chi connectivity index (χ0n) is 23.4. The van der Waals surface area contributed by atoms with E-state index < -0.39 is 5.60 Å². The predicted octanol–water partition coefficient (Wildman–Crippen LogP) is 6.29. The Hall–Kier alpha value is -4.31. The number of nitrogens with zero attached hydrogens (tertiary/aromatic N) is 3. The number of amides is 2. The summed E-state index contributed by atoms with van der Waals surface area (Å²) in [5.41, 5.74) is 2.83. The third-order valence-corrected chi connectivity index (χ3v) is 8.94. The van der Waals surface area contributed by atoms with Crippen LogP contribution in [0.3, 0.4) is 0 Å². The van der Waals surface area contributed by atoms with Crippen molar-refractivity contribution in [3.05, 3.63) is 78.5 Å². The molecule has 2 aromatic carbocycles. The largest absolute Gasteiger partial charge is 0.390 e. The van der Waals surface area contributed by atoms with Crippen molar-refractivity contribution < 1.29 is 14.3 Å². The van der Waals surface area contributed by atoms with Gasteiger partial charge in [-0.2, -0.15) is 0 Å². The summed E-state index contributed by atoms with van der Waals surface area (Å²) >= 11 is 0. The van der Waals surface area contributed by atoms with Crippen molar-refractivity contribution in [1.82, 2.24) is 20.3 Å². The Morgan fingerprint density at radius 2 is 1.79 bits per heavy atom. The number of urea groups is 1. The lowest BCUT2D eigenvalue weighted by Crippen LogP contribution is -2.65. The van der Waals surface area contributed by atoms with E-state index in [1.54, 1.807) is 24.5 Å². The molecule has 8 rings (SSSR count). The van der Waals surface area contributed by atoms with Crippen LogP contribution in [-0.4, -0.2) is 37.2 Å². The number of hydrogen-bond donors (Lipinski definition) is 5. The number of benzene rings is 2. The summed E-state index contributed by atoms with van der Waals surface area (Å²) in [6, 6.07) is 15.5. The van der Waals surface area contributed by atoms with Gasteiger partial charge in [-0.15, -0.1) is 0 Å². The van der Waals surface area contributed by atoms with Gasteiger partial charge in [-0.25, -0.2) is 19.2 Å². The van der Waals surface area contributed by atoms with E-state index in [-0.39, 0.29) is 29.4 Å². The number of carbonyl (C=O) groups is 1. The molecule has 2 heterocycles. The Morgan fingerprint density at radius 3 is 2.52 bits per heavy atom. The fourth-order valence-corrected chi connectivity index (χ4v) is 7.70. The molecule has 2 amide bonds. The monoisotopic (exact) mass is 567 g/mol. The van der Waals surface area contributed by atoms with Crippen LogP contribution in [0.4, 0.5) is 32.2 Å². The quantitative estimate of drug-likeness (QED) is 0.178. The van der Waals surface area contributed by atoms with Gasteiger partial charge in [0, 0.05) is 28.5 Å². The van der Waals surface area contributed by atoms with Gasteiger partial charge in [0.05, 0.1) is 34.7 Å². The molecule has 2 unspecified atom stereocenters. The number of halogens is 1. The number of aliphatic hydroxyl groups is 1. The van der Waals surface area contributed by atoms with Crippen molar-refractivity contribution in [1.29, 1.82) is 0 Å². The smallest absolute Gasteiger partial charge is 0.322 e. The van der Waals surface area contributed by atoms with Crippen molar-refractivity contribution >= 4 is 39.9 Å². The summed E-state index contributed by atoms with van der Waals surface area (Å²) in [4.78, 5) is 26.5. The first kappa shape index (κ1) is 26.6.